The van der Waals surface area contributed by atoms with Gasteiger partial charge in [0.25, 0.3) is 0 Å². The molecule has 0 aliphatic carbocycles. The van der Waals surface area contributed by atoms with Crippen molar-refractivity contribution in [2.24, 2.45) is 5.16 Å². The summed E-state index contributed by atoms with van der Waals surface area (Å²) in [7, 11) is 1.46. The number of oxime groups is 1. The average molecular weight is 394 g/mol. The van der Waals surface area contributed by atoms with Crippen molar-refractivity contribution >= 4 is 40.5 Å². The molecule has 1 amide bonds. The number of benzene rings is 1. The van der Waals surface area contributed by atoms with Gasteiger partial charge >= 0.3 is 0 Å². The van der Waals surface area contributed by atoms with Crippen LogP contribution in [0, 0.1) is 20.8 Å². The number of carbonyl (C=O) groups excluding carboxylic acids is 1. The zero-order valence-corrected chi connectivity index (χ0v) is 16.7. The van der Waals surface area contributed by atoms with Gasteiger partial charge in [-0.2, -0.15) is 0 Å². The monoisotopic (exact) mass is 393 g/mol. The van der Waals surface area contributed by atoms with Crippen molar-refractivity contribution in [2.75, 3.05) is 12.4 Å². The lowest BCUT2D eigenvalue weighted by atomic mass is 10.1. The van der Waals surface area contributed by atoms with Crippen LogP contribution in [0.4, 0.5) is 5.69 Å². The van der Waals surface area contributed by atoms with E-state index < -0.39 is 0 Å². The molecule has 0 radical (unpaired) electrons. The molecule has 0 spiro atoms. The van der Waals surface area contributed by atoms with Gasteiger partial charge in [0.05, 0.1) is 27.1 Å². The Morgan fingerprint density at radius 1 is 1.15 bits per heavy atom. The van der Waals surface area contributed by atoms with Gasteiger partial charge in [-0.25, -0.2) is 0 Å². The van der Waals surface area contributed by atoms with Gasteiger partial charge in [-0.1, -0.05) is 34.4 Å². The molecule has 7 heteroatoms. The first-order valence-corrected chi connectivity index (χ1v) is 8.87. The quantitative estimate of drug-likeness (QED) is 0.549. The predicted octanol–water partition coefficient (Wildman–Crippen LogP) is 5.08. The maximum atomic E-state index is 12.4. The molecule has 1 aromatic heterocycles. The van der Waals surface area contributed by atoms with Crippen molar-refractivity contribution in [3.63, 3.8) is 0 Å². The number of halogens is 2. The third-order valence-corrected chi connectivity index (χ3v) is 4.57. The molecule has 1 heterocycles. The molecule has 26 heavy (non-hydrogen) atoms. The van der Waals surface area contributed by atoms with E-state index in [-0.39, 0.29) is 12.3 Å². The van der Waals surface area contributed by atoms with Gasteiger partial charge in [-0.3, -0.25) is 9.78 Å². The van der Waals surface area contributed by atoms with Gasteiger partial charge in [0.1, 0.15) is 7.11 Å². The minimum atomic E-state index is -0.120. The summed E-state index contributed by atoms with van der Waals surface area (Å²) >= 11 is 12.0. The van der Waals surface area contributed by atoms with Crippen molar-refractivity contribution in [1.29, 1.82) is 0 Å². The van der Waals surface area contributed by atoms with Crippen LogP contribution in [-0.4, -0.2) is 23.7 Å². The van der Waals surface area contributed by atoms with E-state index in [1.165, 1.54) is 7.11 Å². The second-order valence-corrected chi connectivity index (χ2v) is 6.75. The normalized spacial score (nSPS) is 11.4. The number of amides is 1. The van der Waals surface area contributed by atoms with E-state index in [9.17, 15) is 4.79 Å². The second kappa shape index (κ2) is 9.01. The molecule has 2 rings (SSSR count). The standard InChI is InChI=1S/C19H21Cl2N3O2/c1-11-9-12(2)22-13(3)19(11)23-18(25)8-7-17(24-26-4)14-5-6-15(20)16(21)10-14/h5-6,9-10H,7-8H2,1-4H3,(H,23,25)/b24-17+. The number of aromatic nitrogens is 1. The van der Waals surface area contributed by atoms with E-state index in [1.807, 2.05) is 26.8 Å². The van der Waals surface area contributed by atoms with Crippen LogP contribution in [0.25, 0.3) is 0 Å². The van der Waals surface area contributed by atoms with E-state index in [0.717, 1.165) is 28.2 Å². The lowest BCUT2D eigenvalue weighted by Crippen LogP contribution is -2.16. The first kappa shape index (κ1) is 20.2. The number of nitrogens with zero attached hydrogens (tertiary/aromatic N) is 2. The highest BCUT2D eigenvalue weighted by Gasteiger charge is 2.13. The van der Waals surface area contributed by atoms with E-state index in [1.54, 1.807) is 18.2 Å². The number of carbonyl (C=O) groups is 1. The summed E-state index contributed by atoms with van der Waals surface area (Å²) in [4.78, 5) is 21.7. The Morgan fingerprint density at radius 2 is 1.88 bits per heavy atom. The first-order chi connectivity index (χ1) is 12.3. The summed E-state index contributed by atoms with van der Waals surface area (Å²) in [6, 6.07) is 7.13. The zero-order valence-electron chi connectivity index (χ0n) is 15.2. The number of hydrogen-bond acceptors (Lipinski definition) is 4. The Kier molecular flexibility index (Phi) is 7.00. The topological polar surface area (TPSA) is 63.6 Å². The van der Waals surface area contributed by atoms with Crippen LogP contribution < -0.4 is 5.32 Å². The SMILES string of the molecule is CO/N=C(\CCC(=O)Nc1c(C)cc(C)nc1C)c1ccc(Cl)c(Cl)c1. The van der Waals surface area contributed by atoms with Crippen LogP contribution in [0.2, 0.25) is 10.0 Å². The maximum Gasteiger partial charge on any atom is 0.224 e. The molecule has 0 saturated heterocycles. The van der Waals surface area contributed by atoms with Crippen LogP contribution in [0.15, 0.2) is 29.4 Å². The molecule has 1 N–H and O–H groups in total. The lowest BCUT2D eigenvalue weighted by molar-refractivity contribution is -0.116. The molecule has 5 nitrogen and oxygen atoms in total. The number of hydrogen-bond donors (Lipinski definition) is 1. The van der Waals surface area contributed by atoms with E-state index >= 15 is 0 Å². The van der Waals surface area contributed by atoms with Crippen LogP contribution >= 0.6 is 23.2 Å². The van der Waals surface area contributed by atoms with Crippen LogP contribution in [0.3, 0.4) is 0 Å². The summed E-state index contributed by atoms with van der Waals surface area (Å²) in [6.07, 6.45) is 0.643. The number of rotatable bonds is 6. The molecule has 0 fully saturated rings. The fourth-order valence-corrected chi connectivity index (χ4v) is 2.97. The van der Waals surface area contributed by atoms with Gasteiger partial charge in [0.2, 0.25) is 5.91 Å². The molecule has 138 valence electrons. The minimum Gasteiger partial charge on any atom is -0.399 e. The minimum absolute atomic E-state index is 0.120. The molecule has 0 bridgehead atoms. The predicted molar refractivity (Wildman–Crippen MR) is 106 cm³/mol. The van der Waals surface area contributed by atoms with Crippen molar-refractivity contribution in [3.05, 3.63) is 56.8 Å². The highest BCUT2D eigenvalue weighted by atomic mass is 35.5. The second-order valence-electron chi connectivity index (χ2n) is 5.94. The highest BCUT2D eigenvalue weighted by molar-refractivity contribution is 6.42. The zero-order chi connectivity index (χ0) is 19.3. The van der Waals surface area contributed by atoms with Gasteiger partial charge in [0, 0.05) is 24.1 Å². The van der Waals surface area contributed by atoms with Crippen molar-refractivity contribution < 1.29 is 9.63 Å². The maximum absolute atomic E-state index is 12.4. The molecule has 2 aromatic rings. The van der Waals surface area contributed by atoms with Crippen molar-refractivity contribution in [2.45, 2.75) is 33.6 Å². The Morgan fingerprint density at radius 3 is 2.50 bits per heavy atom. The van der Waals surface area contributed by atoms with E-state index in [2.05, 4.69) is 15.5 Å². The number of pyridine rings is 1. The van der Waals surface area contributed by atoms with Gasteiger partial charge < -0.3 is 10.2 Å². The summed E-state index contributed by atoms with van der Waals surface area (Å²) in [5.41, 5.74) is 4.84. The Hall–Kier alpha value is -2.11. The van der Waals surface area contributed by atoms with Gasteiger partial charge in [0.15, 0.2) is 0 Å². The Bertz CT molecular complexity index is 828. The summed E-state index contributed by atoms with van der Waals surface area (Å²) in [5.74, 6) is -0.120. The van der Waals surface area contributed by atoms with Crippen molar-refractivity contribution in [1.82, 2.24) is 4.98 Å². The van der Waals surface area contributed by atoms with E-state index in [0.29, 0.717) is 22.2 Å². The van der Waals surface area contributed by atoms with Crippen LogP contribution in [-0.2, 0) is 9.63 Å². The fourth-order valence-electron chi connectivity index (χ4n) is 2.67. The molecule has 0 aliphatic rings. The highest BCUT2D eigenvalue weighted by Crippen LogP contribution is 2.24. The largest absolute Gasteiger partial charge is 0.399 e. The van der Waals surface area contributed by atoms with Crippen molar-refractivity contribution in [3.8, 4) is 0 Å². The summed E-state index contributed by atoms with van der Waals surface area (Å²) < 4.78 is 0. The third-order valence-electron chi connectivity index (χ3n) is 3.83. The Balaban J connectivity index is 2.08. The third kappa shape index (κ3) is 5.19. The van der Waals surface area contributed by atoms with Gasteiger partial charge in [-0.05, 0) is 44.5 Å². The molecular formula is C19H21Cl2N3O2. The molecule has 0 unspecified atom stereocenters. The molecule has 0 aliphatic heterocycles. The number of aryl methyl sites for hydroxylation is 3. The smallest absolute Gasteiger partial charge is 0.224 e. The first-order valence-electron chi connectivity index (χ1n) is 8.12. The van der Waals surface area contributed by atoms with Crippen LogP contribution in [0.1, 0.15) is 35.4 Å². The fraction of sp³-hybridized carbons (Fsp3) is 0.316. The molecule has 1 aromatic carbocycles. The summed E-state index contributed by atoms with van der Waals surface area (Å²) in [6.45, 7) is 5.75. The molecule has 0 atom stereocenters. The number of anilines is 1. The van der Waals surface area contributed by atoms with E-state index in [4.69, 9.17) is 28.0 Å². The average Bonchev–Trinajstić information content (AvgIpc) is 2.57. The van der Waals surface area contributed by atoms with Crippen LogP contribution in [0.5, 0.6) is 0 Å². The molecule has 0 saturated carbocycles. The van der Waals surface area contributed by atoms with Gasteiger partial charge in [-0.15, -0.1) is 0 Å². The number of nitrogens with one attached hydrogen (secondary N) is 1. The lowest BCUT2D eigenvalue weighted by Gasteiger charge is -2.12. The molecular weight excluding hydrogens is 373 g/mol. The Labute approximate surface area is 163 Å². The summed E-state index contributed by atoms with van der Waals surface area (Å²) in [5, 5.41) is 7.83.